The molecule has 0 heterocycles. The zero-order valence-corrected chi connectivity index (χ0v) is 15.5. The maximum Gasteiger partial charge on any atom is 0.341 e. The lowest BCUT2D eigenvalue weighted by atomic mass is 10.1. The number of aliphatic carboxylic acids is 1. The average molecular weight is 375 g/mol. The van der Waals surface area contributed by atoms with E-state index in [9.17, 15) is 13.8 Å². The molecule has 138 valence electrons. The van der Waals surface area contributed by atoms with Crippen LogP contribution in [-0.4, -0.2) is 45.5 Å². The van der Waals surface area contributed by atoms with E-state index < -0.39 is 23.4 Å². The topological polar surface area (TPSA) is 83.9 Å². The number of carboxylic acids is 1. The van der Waals surface area contributed by atoms with Crippen molar-refractivity contribution in [3.8, 4) is 5.75 Å². The molecule has 0 saturated heterocycles. The van der Waals surface area contributed by atoms with E-state index in [1.54, 1.807) is 60.5 Å². The molecule has 0 bridgehead atoms. The summed E-state index contributed by atoms with van der Waals surface area (Å²) in [7, 11) is 0.476. The lowest BCUT2D eigenvalue weighted by molar-refractivity contribution is -0.139. The van der Waals surface area contributed by atoms with Gasteiger partial charge in [0.25, 0.3) is 5.91 Å². The zero-order chi connectivity index (χ0) is 19.1. The molecular formula is C19H21NO5S. The highest BCUT2D eigenvalue weighted by atomic mass is 32.2. The van der Waals surface area contributed by atoms with Crippen LogP contribution in [0.25, 0.3) is 0 Å². The summed E-state index contributed by atoms with van der Waals surface area (Å²) in [6, 6.07) is 13.8. The fourth-order valence-electron chi connectivity index (χ4n) is 2.38. The Bertz CT molecular complexity index is 804. The Morgan fingerprint density at radius 3 is 2.38 bits per heavy atom. The molecule has 1 N–H and O–H groups in total. The van der Waals surface area contributed by atoms with Crippen LogP contribution < -0.4 is 4.74 Å². The Labute approximate surface area is 154 Å². The van der Waals surface area contributed by atoms with Gasteiger partial charge in [-0.25, -0.2) is 4.79 Å². The predicted molar refractivity (Wildman–Crippen MR) is 98.8 cm³/mol. The summed E-state index contributed by atoms with van der Waals surface area (Å²) >= 11 is 0. The summed E-state index contributed by atoms with van der Waals surface area (Å²) in [5.74, 6) is -0.337. The molecular weight excluding hydrogens is 354 g/mol. The maximum absolute atomic E-state index is 12.7. The minimum Gasteiger partial charge on any atom is -0.482 e. The van der Waals surface area contributed by atoms with Gasteiger partial charge in [-0.3, -0.25) is 9.00 Å². The summed E-state index contributed by atoms with van der Waals surface area (Å²) in [5, 5.41) is 8.61. The third-order valence-electron chi connectivity index (χ3n) is 3.68. The van der Waals surface area contributed by atoms with E-state index in [4.69, 9.17) is 9.84 Å². The second kappa shape index (κ2) is 9.15. The lowest BCUT2D eigenvalue weighted by Crippen LogP contribution is -2.27. The molecule has 0 saturated carbocycles. The second-order valence-electron chi connectivity index (χ2n) is 5.62. The monoisotopic (exact) mass is 375 g/mol. The van der Waals surface area contributed by atoms with Crippen LogP contribution >= 0.6 is 0 Å². The lowest BCUT2D eigenvalue weighted by Gasteiger charge is -2.19. The minimum atomic E-state index is -1.21. The fourth-order valence-corrected chi connectivity index (χ4v) is 3.33. The van der Waals surface area contributed by atoms with Gasteiger partial charge in [0.1, 0.15) is 5.75 Å². The molecule has 1 unspecified atom stereocenters. The van der Waals surface area contributed by atoms with Gasteiger partial charge in [0.05, 0.1) is 21.3 Å². The number of hydrogen-bond acceptors (Lipinski definition) is 4. The Morgan fingerprint density at radius 1 is 1.12 bits per heavy atom. The standard InChI is InChI=1S/C19H21NO5S/c1-3-26(24)17-7-5-4-6-16(17)19(23)20(2)12-14-8-10-15(11-9-14)25-13-18(21)22/h4-11H,3,12-13H2,1-2H3,(H,21,22). The number of ether oxygens (including phenoxy) is 1. The van der Waals surface area contributed by atoms with Gasteiger partial charge >= 0.3 is 5.97 Å². The van der Waals surface area contributed by atoms with Gasteiger partial charge in [-0.05, 0) is 29.8 Å². The SMILES string of the molecule is CCS(=O)c1ccccc1C(=O)N(C)Cc1ccc(OCC(=O)O)cc1. The first-order valence-corrected chi connectivity index (χ1v) is 9.40. The highest BCUT2D eigenvalue weighted by Gasteiger charge is 2.18. The van der Waals surface area contributed by atoms with E-state index in [0.717, 1.165) is 5.56 Å². The first-order valence-electron chi connectivity index (χ1n) is 8.08. The second-order valence-corrected chi connectivity index (χ2v) is 7.33. The molecule has 6 nitrogen and oxygen atoms in total. The smallest absolute Gasteiger partial charge is 0.341 e. The molecule has 26 heavy (non-hydrogen) atoms. The van der Waals surface area contributed by atoms with Crippen molar-refractivity contribution in [1.82, 2.24) is 4.90 Å². The number of rotatable bonds is 8. The number of hydrogen-bond donors (Lipinski definition) is 1. The van der Waals surface area contributed by atoms with Gasteiger partial charge in [-0.15, -0.1) is 0 Å². The van der Waals surface area contributed by atoms with Crippen LogP contribution in [0.5, 0.6) is 5.75 Å². The first-order chi connectivity index (χ1) is 12.4. The van der Waals surface area contributed by atoms with Crippen molar-refractivity contribution in [2.24, 2.45) is 0 Å². The molecule has 0 spiro atoms. The van der Waals surface area contributed by atoms with Crippen molar-refractivity contribution in [2.45, 2.75) is 18.4 Å². The molecule has 0 aliphatic carbocycles. The molecule has 0 radical (unpaired) electrons. The molecule has 2 aromatic rings. The molecule has 2 aromatic carbocycles. The molecule has 0 aliphatic rings. The summed E-state index contributed by atoms with van der Waals surface area (Å²) in [6.07, 6.45) is 0. The largest absolute Gasteiger partial charge is 0.482 e. The Hall–Kier alpha value is -2.67. The molecule has 0 fully saturated rings. The van der Waals surface area contributed by atoms with E-state index >= 15 is 0 Å². The van der Waals surface area contributed by atoms with Gasteiger partial charge in [0, 0.05) is 19.3 Å². The van der Waals surface area contributed by atoms with Crippen LogP contribution in [-0.2, 0) is 22.1 Å². The van der Waals surface area contributed by atoms with Crippen molar-refractivity contribution in [3.63, 3.8) is 0 Å². The Balaban J connectivity index is 2.08. The number of carbonyl (C=O) groups is 2. The van der Waals surface area contributed by atoms with Gasteiger partial charge < -0.3 is 14.7 Å². The molecule has 0 aliphatic heterocycles. The summed E-state index contributed by atoms with van der Waals surface area (Å²) in [6.45, 7) is 1.78. The van der Waals surface area contributed by atoms with Crippen LogP contribution in [0, 0.1) is 0 Å². The number of carboxylic acid groups (broad SMARTS) is 1. The van der Waals surface area contributed by atoms with Crippen LogP contribution in [0.3, 0.4) is 0 Å². The van der Waals surface area contributed by atoms with Gasteiger partial charge in [0.2, 0.25) is 0 Å². The van der Waals surface area contributed by atoms with E-state index in [1.807, 2.05) is 6.92 Å². The maximum atomic E-state index is 12.7. The predicted octanol–water partition coefficient (Wildman–Crippen LogP) is 2.55. The Morgan fingerprint density at radius 2 is 1.77 bits per heavy atom. The number of nitrogens with zero attached hydrogens (tertiary/aromatic N) is 1. The van der Waals surface area contributed by atoms with E-state index in [2.05, 4.69) is 0 Å². The minimum absolute atomic E-state index is 0.200. The summed E-state index contributed by atoms with van der Waals surface area (Å²) < 4.78 is 17.2. The molecule has 1 atom stereocenters. The number of amides is 1. The summed E-state index contributed by atoms with van der Waals surface area (Å²) in [4.78, 5) is 25.3. The van der Waals surface area contributed by atoms with Crippen molar-refractivity contribution in [2.75, 3.05) is 19.4 Å². The third-order valence-corrected chi connectivity index (χ3v) is 5.05. The first kappa shape index (κ1) is 19.7. The third kappa shape index (κ3) is 5.16. The molecule has 2 rings (SSSR count). The van der Waals surface area contributed by atoms with E-state index in [-0.39, 0.29) is 5.91 Å². The van der Waals surface area contributed by atoms with Crippen molar-refractivity contribution in [3.05, 3.63) is 59.7 Å². The Kier molecular flexibility index (Phi) is 6.91. The number of benzene rings is 2. The number of carbonyl (C=O) groups excluding carboxylic acids is 1. The normalized spacial score (nSPS) is 11.6. The highest BCUT2D eigenvalue weighted by molar-refractivity contribution is 7.85. The summed E-state index contributed by atoms with van der Waals surface area (Å²) in [5.41, 5.74) is 1.31. The average Bonchev–Trinajstić information content (AvgIpc) is 2.66. The van der Waals surface area contributed by atoms with E-state index in [1.165, 1.54) is 0 Å². The van der Waals surface area contributed by atoms with Crippen LogP contribution in [0.1, 0.15) is 22.8 Å². The zero-order valence-electron chi connectivity index (χ0n) is 14.7. The van der Waals surface area contributed by atoms with E-state index in [0.29, 0.717) is 28.5 Å². The van der Waals surface area contributed by atoms with Gasteiger partial charge in [0.15, 0.2) is 6.61 Å². The van der Waals surface area contributed by atoms with Gasteiger partial charge in [-0.2, -0.15) is 0 Å². The fraction of sp³-hybridized carbons (Fsp3) is 0.263. The van der Waals surface area contributed by atoms with Crippen molar-refractivity contribution >= 4 is 22.7 Å². The molecule has 1 amide bonds. The van der Waals surface area contributed by atoms with Crippen LogP contribution in [0.2, 0.25) is 0 Å². The highest BCUT2D eigenvalue weighted by Crippen LogP contribution is 2.18. The van der Waals surface area contributed by atoms with Crippen molar-refractivity contribution in [1.29, 1.82) is 0 Å². The molecule has 0 aromatic heterocycles. The van der Waals surface area contributed by atoms with Crippen molar-refractivity contribution < 1.29 is 23.6 Å². The quantitative estimate of drug-likeness (QED) is 0.767. The van der Waals surface area contributed by atoms with Gasteiger partial charge in [-0.1, -0.05) is 31.2 Å². The van der Waals surface area contributed by atoms with Crippen LogP contribution in [0.15, 0.2) is 53.4 Å². The molecule has 7 heteroatoms. The van der Waals surface area contributed by atoms with Crippen LogP contribution in [0.4, 0.5) is 0 Å².